The Morgan fingerprint density at radius 2 is 2.00 bits per heavy atom. The van der Waals surface area contributed by atoms with Gasteiger partial charge in [-0.05, 0) is 0 Å². The number of aliphatic hydroxyl groups excluding tert-OH is 1. The summed E-state index contributed by atoms with van der Waals surface area (Å²) in [7, 11) is 0. The summed E-state index contributed by atoms with van der Waals surface area (Å²) < 4.78 is -0.531. The van der Waals surface area contributed by atoms with E-state index < -0.39 is 27.9 Å². The topological polar surface area (TPSA) is 122 Å². The summed E-state index contributed by atoms with van der Waals surface area (Å²) in [6, 6.07) is 2.50. The molecule has 0 aliphatic heterocycles. The van der Waals surface area contributed by atoms with Gasteiger partial charge in [0.05, 0.1) is 0 Å². The number of phenolic OH excluding ortho intramolecular Hbond substituents is 3. The van der Waals surface area contributed by atoms with E-state index in [-0.39, 0.29) is 24.6 Å². The van der Waals surface area contributed by atoms with Crippen LogP contribution in [0.2, 0.25) is 4.71 Å². The minimum absolute atomic E-state index is 0. The Bertz CT molecular complexity index is 483. The van der Waals surface area contributed by atoms with Gasteiger partial charge in [-0.15, -0.1) is 12.4 Å². The number of aliphatic hydroxyl groups is 1. The van der Waals surface area contributed by atoms with Crippen molar-refractivity contribution in [1.82, 2.24) is 5.43 Å². The van der Waals surface area contributed by atoms with Crippen LogP contribution < -0.4 is 5.43 Å². The molecule has 0 radical (unpaired) electrons. The number of carbonyl (C=O) groups is 1. The fraction of sp³-hybridized carbons (Fsp3) is 0.200. The monoisotopic (exact) mass is 352 g/mol. The first-order valence-corrected chi connectivity index (χ1v) is 6.30. The van der Waals surface area contributed by atoms with E-state index in [1.54, 1.807) is 0 Å². The Balaban J connectivity index is 0.00000324. The summed E-state index contributed by atoms with van der Waals surface area (Å²) in [5.74, 6) is -2.09. The van der Waals surface area contributed by atoms with E-state index in [1.165, 1.54) is 12.1 Å². The first kappa shape index (κ1) is 17.6. The third-order valence-electron chi connectivity index (χ3n) is 2.07. The number of aromatic hydroxyl groups is 3. The van der Waals surface area contributed by atoms with Gasteiger partial charge in [-0.25, -0.2) is 0 Å². The molecule has 0 saturated carbocycles. The molecule has 0 bridgehead atoms. The predicted octanol–water partition coefficient (Wildman–Crippen LogP) is -0.911. The molecular weight excluding hydrogens is 338 g/mol. The molecule has 7 nitrogen and oxygen atoms in total. The number of rotatable bonds is 4. The number of nitrogens with one attached hydrogen (secondary N) is 1. The molecule has 106 valence electrons. The van der Waals surface area contributed by atoms with Crippen molar-refractivity contribution in [2.45, 2.75) is 4.71 Å². The number of hydrogen-bond acceptors (Lipinski definition) is 6. The summed E-state index contributed by atoms with van der Waals surface area (Å²) in [5, 5.41) is 40.1. The van der Waals surface area contributed by atoms with Gasteiger partial charge < -0.3 is 0 Å². The van der Waals surface area contributed by atoms with Crippen LogP contribution in [0.15, 0.2) is 17.2 Å². The number of hydrazone groups is 1. The summed E-state index contributed by atoms with van der Waals surface area (Å²) in [5.41, 5.74) is 2.31. The van der Waals surface area contributed by atoms with Crippen LogP contribution in [0.4, 0.5) is 0 Å². The van der Waals surface area contributed by atoms with Crippen LogP contribution in [-0.4, -0.2) is 56.0 Å². The van der Waals surface area contributed by atoms with Crippen molar-refractivity contribution < 1.29 is 25.2 Å². The van der Waals surface area contributed by atoms with E-state index in [1.807, 2.05) is 0 Å². The third-order valence-corrected chi connectivity index (χ3v) is 3.15. The van der Waals surface area contributed by atoms with E-state index in [0.717, 1.165) is 23.1 Å². The van der Waals surface area contributed by atoms with Crippen LogP contribution in [0.1, 0.15) is 5.56 Å². The zero-order chi connectivity index (χ0) is 13.7. The van der Waals surface area contributed by atoms with E-state index in [4.69, 9.17) is 10.2 Å². The molecule has 0 heterocycles. The molecule has 1 aromatic carbocycles. The maximum absolute atomic E-state index is 11.2. The second-order valence-electron chi connectivity index (χ2n) is 3.39. The van der Waals surface area contributed by atoms with Crippen LogP contribution in [0.25, 0.3) is 0 Å². The molecule has 0 fully saturated rings. The Kier molecular flexibility index (Phi) is 7.29. The molecule has 2 atom stereocenters. The Morgan fingerprint density at radius 3 is 2.58 bits per heavy atom. The average Bonchev–Trinajstić information content (AvgIpc) is 2.37. The normalized spacial score (nSPS) is 11.9. The molecular formula is C10H14AsClN2O5. The van der Waals surface area contributed by atoms with Crippen molar-refractivity contribution in [3.63, 3.8) is 0 Å². The van der Waals surface area contributed by atoms with Gasteiger partial charge in [0.2, 0.25) is 0 Å². The molecule has 1 amide bonds. The molecule has 0 spiro atoms. The van der Waals surface area contributed by atoms with Crippen molar-refractivity contribution in [3.8, 4) is 17.2 Å². The number of phenols is 3. The Morgan fingerprint density at radius 1 is 1.37 bits per heavy atom. The van der Waals surface area contributed by atoms with Gasteiger partial charge in [-0.1, -0.05) is 0 Å². The van der Waals surface area contributed by atoms with Gasteiger partial charge >= 0.3 is 111 Å². The molecule has 0 aliphatic carbocycles. The number of halogens is 1. The van der Waals surface area contributed by atoms with Crippen molar-refractivity contribution in [2.75, 3.05) is 6.61 Å². The van der Waals surface area contributed by atoms with Crippen LogP contribution in [-0.2, 0) is 4.79 Å². The number of amides is 1. The van der Waals surface area contributed by atoms with Gasteiger partial charge in [-0.2, -0.15) is 0 Å². The number of hydrogen-bond donors (Lipinski definition) is 5. The maximum atomic E-state index is 11.2. The van der Waals surface area contributed by atoms with E-state index in [9.17, 15) is 15.0 Å². The van der Waals surface area contributed by atoms with Gasteiger partial charge in [-0.3, -0.25) is 0 Å². The van der Waals surface area contributed by atoms with Crippen LogP contribution in [0.3, 0.4) is 0 Å². The minimum atomic E-state index is -0.655. The molecule has 0 aromatic heterocycles. The Hall–Kier alpha value is -1.43. The number of carbonyl (C=O) groups excluding carboxylic acids is 1. The molecule has 2 unspecified atom stereocenters. The standard InChI is InChI=1S/C10H13AsN2O5.ClH/c11-6(4-14)10(18)13-12-3-5-1-2-7(15)9(17)8(5)16;/h1-3,6,14-17H,4,11H2,(H,13,18);1H. The fourth-order valence-electron chi connectivity index (χ4n) is 1.02. The van der Waals surface area contributed by atoms with Gasteiger partial charge in [0.15, 0.2) is 0 Å². The fourth-order valence-corrected chi connectivity index (χ4v) is 1.18. The van der Waals surface area contributed by atoms with E-state index in [2.05, 4.69) is 10.5 Å². The van der Waals surface area contributed by atoms with Gasteiger partial charge in [0, 0.05) is 0 Å². The zero-order valence-corrected chi connectivity index (χ0v) is 12.9. The van der Waals surface area contributed by atoms with E-state index >= 15 is 0 Å². The van der Waals surface area contributed by atoms with Gasteiger partial charge in [0.1, 0.15) is 0 Å². The van der Waals surface area contributed by atoms with Crippen LogP contribution >= 0.6 is 12.4 Å². The first-order valence-electron chi connectivity index (χ1n) is 4.90. The van der Waals surface area contributed by atoms with Crippen molar-refractivity contribution in [3.05, 3.63) is 17.7 Å². The molecule has 19 heavy (non-hydrogen) atoms. The molecule has 0 aliphatic rings. The second kappa shape index (κ2) is 7.88. The summed E-state index contributed by atoms with van der Waals surface area (Å²) in [4.78, 5) is 11.2. The predicted molar refractivity (Wildman–Crippen MR) is 73.8 cm³/mol. The quantitative estimate of drug-likeness (QED) is 0.208. The molecule has 5 N–H and O–H groups in total. The Labute approximate surface area is 123 Å². The van der Waals surface area contributed by atoms with Gasteiger partial charge in [0.25, 0.3) is 0 Å². The molecule has 0 saturated heterocycles. The SMILES string of the molecule is Cl.O=C(NN=Cc1ccc(O)c(O)c1O)C([AsH2])CO. The summed E-state index contributed by atoms with van der Waals surface area (Å²) in [6.45, 7) is -0.271. The molecule has 1 aromatic rings. The van der Waals surface area contributed by atoms with Crippen LogP contribution in [0.5, 0.6) is 17.2 Å². The second-order valence-corrected chi connectivity index (χ2v) is 5.08. The summed E-state index contributed by atoms with van der Waals surface area (Å²) >= 11 is 1.06. The summed E-state index contributed by atoms with van der Waals surface area (Å²) in [6.07, 6.45) is 1.11. The molecule has 9 heteroatoms. The van der Waals surface area contributed by atoms with Crippen molar-refractivity contribution >= 4 is 41.4 Å². The number of nitrogens with zero attached hydrogens (tertiary/aromatic N) is 1. The average molecular weight is 353 g/mol. The first-order chi connectivity index (χ1) is 8.47. The zero-order valence-electron chi connectivity index (χ0n) is 9.65. The van der Waals surface area contributed by atoms with Crippen molar-refractivity contribution in [1.29, 1.82) is 0 Å². The van der Waals surface area contributed by atoms with Crippen LogP contribution in [0, 0.1) is 0 Å². The molecule has 1 rings (SSSR count). The third kappa shape index (κ3) is 4.63. The number of benzene rings is 1. The van der Waals surface area contributed by atoms with E-state index in [0.29, 0.717) is 0 Å². The van der Waals surface area contributed by atoms with Crippen molar-refractivity contribution in [2.24, 2.45) is 5.10 Å².